The predicted molar refractivity (Wildman–Crippen MR) is 298 cm³/mol. The molecule has 0 spiro atoms. The summed E-state index contributed by atoms with van der Waals surface area (Å²) in [5, 5.41) is 0. The molecule has 0 unspecified atom stereocenters. The third-order valence-corrected chi connectivity index (χ3v) is 13.9. The Morgan fingerprint density at radius 3 is 0.500 bits per heavy atom. The van der Waals surface area contributed by atoms with E-state index in [0.717, 1.165) is 56.6 Å². The molecule has 0 aliphatic heterocycles. The molecule has 0 heterocycles. The average Bonchev–Trinajstić information content (AvgIpc) is 3.37. The molecule has 0 N–H and O–H groups in total. The van der Waals surface area contributed by atoms with Gasteiger partial charge in [0.25, 0.3) is 0 Å². The quantitative estimate of drug-likeness (QED) is 0.113. The number of aryl methyl sites for hydroxylation is 8. The van der Waals surface area contributed by atoms with Gasteiger partial charge in [-0.2, -0.15) is 0 Å². The highest BCUT2D eigenvalue weighted by Gasteiger charge is 2.47. The van der Waals surface area contributed by atoms with E-state index in [0.29, 0.717) is 0 Å². The first-order chi connectivity index (χ1) is 33.9. The zero-order valence-corrected chi connectivity index (χ0v) is 41.7. The zero-order chi connectivity index (χ0) is 48.6. The van der Waals surface area contributed by atoms with Gasteiger partial charge in [-0.3, -0.25) is 0 Å². The molecule has 70 heavy (non-hydrogen) atoms. The molecule has 0 amide bonds. The van der Waals surface area contributed by atoms with Crippen LogP contribution in [0.25, 0.3) is 0 Å². The summed E-state index contributed by atoms with van der Waals surface area (Å²) in [5.41, 5.74) is 18.8. The maximum atomic E-state index is 2.51. The Morgan fingerprint density at radius 1 is 0.214 bits per heavy atom. The molecule has 0 fully saturated rings. The summed E-state index contributed by atoms with van der Waals surface area (Å²) in [4.78, 5) is 10.0. The van der Waals surface area contributed by atoms with E-state index in [1.807, 2.05) is 0 Å². The van der Waals surface area contributed by atoms with E-state index in [1.54, 1.807) is 0 Å². The van der Waals surface area contributed by atoms with E-state index in [-0.39, 0.29) is 0 Å². The van der Waals surface area contributed by atoms with Crippen LogP contribution in [-0.4, -0.2) is 11.3 Å². The van der Waals surface area contributed by atoms with Crippen LogP contribution in [0.1, 0.15) is 44.5 Å². The minimum absolute atomic E-state index is 0.896. The summed E-state index contributed by atoms with van der Waals surface area (Å²) in [6.45, 7) is 17.3. The molecule has 2 aliphatic carbocycles. The van der Waals surface area contributed by atoms with Gasteiger partial charge in [0.05, 0.1) is 0 Å². The minimum Gasteiger partial charge on any atom is -0.311 e. The van der Waals surface area contributed by atoms with Gasteiger partial charge in [0.1, 0.15) is 0 Å². The first-order valence-corrected chi connectivity index (χ1v) is 24.5. The Kier molecular flexibility index (Phi) is 12.3. The number of benzene rings is 8. The Hall–Kier alpha value is -8.08. The van der Waals surface area contributed by atoms with Crippen LogP contribution in [0.4, 0.5) is 45.5 Å². The first-order valence-electron chi connectivity index (χ1n) is 24.5. The summed E-state index contributed by atoms with van der Waals surface area (Å²) in [6, 6.07) is 71.8. The van der Waals surface area contributed by atoms with Gasteiger partial charge in [0.15, 0.2) is 11.3 Å². The molecule has 346 valence electrons. The molecule has 0 atom stereocenters. The highest BCUT2D eigenvalue weighted by Crippen LogP contribution is 2.51. The molecular weight excluding hydrogens is 849 g/mol. The molecule has 0 radical (unpaired) electrons. The van der Waals surface area contributed by atoms with Crippen molar-refractivity contribution >= 4 is 45.5 Å². The second-order valence-electron chi connectivity index (χ2n) is 19.5. The van der Waals surface area contributed by atoms with E-state index < -0.39 is 11.3 Å². The summed E-state index contributed by atoms with van der Waals surface area (Å²) >= 11 is 0. The number of hydrogen-bond donors (Lipinski definition) is 0. The summed E-state index contributed by atoms with van der Waals surface area (Å²) in [5.74, 6) is 0. The van der Waals surface area contributed by atoms with Crippen molar-refractivity contribution in [3.8, 4) is 0 Å². The number of hydrogen-bond acceptors (Lipinski definition) is 4. The molecule has 8 aromatic rings. The molecule has 2 aliphatic rings. The van der Waals surface area contributed by atoms with Gasteiger partial charge in [-0.1, -0.05) is 154 Å². The lowest BCUT2D eigenvalue weighted by Gasteiger charge is -2.53. The maximum absolute atomic E-state index is 2.51. The van der Waals surface area contributed by atoms with Crippen molar-refractivity contribution in [1.29, 1.82) is 0 Å². The van der Waals surface area contributed by atoms with Crippen LogP contribution in [0.2, 0.25) is 0 Å². The van der Waals surface area contributed by atoms with Crippen molar-refractivity contribution < 1.29 is 0 Å². The fourth-order valence-corrected chi connectivity index (χ4v) is 9.99. The van der Waals surface area contributed by atoms with Gasteiger partial charge < -0.3 is 19.6 Å². The third-order valence-electron chi connectivity index (χ3n) is 13.9. The molecule has 0 saturated heterocycles. The number of allylic oxidation sites excluding steroid dienone is 4. The molecule has 0 aromatic heterocycles. The zero-order valence-electron chi connectivity index (χ0n) is 41.7. The largest absolute Gasteiger partial charge is 0.311 e. The van der Waals surface area contributed by atoms with E-state index in [2.05, 4.69) is 306 Å². The predicted octanol–water partition coefficient (Wildman–Crippen LogP) is 17.2. The van der Waals surface area contributed by atoms with Crippen LogP contribution in [0.5, 0.6) is 0 Å². The van der Waals surface area contributed by atoms with Crippen LogP contribution in [0.15, 0.2) is 242 Å². The first kappa shape index (κ1) is 45.7. The van der Waals surface area contributed by atoms with E-state index in [1.165, 1.54) is 44.5 Å². The highest BCUT2D eigenvalue weighted by molar-refractivity contribution is 5.83. The van der Waals surface area contributed by atoms with Crippen molar-refractivity contribution in [3.05, 3.63) is 286 Å². The van der Waals surface area contributed by atoms with Crippen LogP contribution >= 0.6 is 0 Å². The average molecular weight is 911 g/mol. The lowest BCUT2D eigenvalue weighted by molar-refractivity contribution is 0.617. The lowest BCUT2D eigenvalue weighted by Crippen LogP contribution is -2.58. The third kappa shape index (κ3) is 8.78. The molecule has 8 aromatic carbocycles. The summed E-state index contributed by atoms with van der Waals surface area (Å²) in [6.07, 6.45) is 14.6. The van der Waals surface area contributed by atoms with Gasteiger partial charge in [-0.25, -0.2) is 0 Å². The van der Waals surface area contributed by atoms with Gasteiger partial charge in [-0.15, -0.1) is 0 Å². The molecule has 4 nitrogen and oxygen atoms in total. The molecule has 10 rings (SSSR count). The number of fused-ring (bicyclic) bond motifs is 1. The second kappa shape index (κ2) is 18.8. The lowest BCUT2D eigenvalue weighted by atomic mass is 9.82. The van der Waals surface area contributed by atoms with Crippen molar-refractivity contribution in [2.75, 3.05) is 19.6 Å². The van der Waals surface area contributed by atoms with Crippen LogP contribution < -0.4 is 19.6 Å². The van der Waals surface area contributed by atoms with Gasteiger partial charge >= 0.3 is 0 Å². The van der Waals surface area contributed by atoms with Crippen LogP contribution in [0.3, 0.4) is 0 Å². The fourth-order valence-electron chi connectivity index (χ4n) is 9.99. The van der Waals surface area contributed by atoms with Crippen LogP contribution in [-0.2, 0) is 0 Å². The van der Waals surface area contributed by atoms with Crippen LogP contribution in [0, 0.1) is 55.4 Å². The Balaban J connectivity index is 1.28. The minimum atomic E-state index is -0.896. The van der Waals surface area contributed by atoms with Gasteiger partial charge in [-0.05, 0) is 188 Å². The van der Waals surface area contributed by atoms with Crippen molar-refractivity contribution in [2.45, 2.75) is 66.7 Å². The number of nitrogens with zero attached hydrogens (tertiary/aromatic N) is 4. The Labute approximate surface area is 416 Å². The summed E-state index contributed by atoms with van der Waals surface area (Å²) in [7, 11) is 0. The van der Waals surface area contributed by atoms with Crippen molar-refractivity contribution in [3.63, 3.8) is 0 Å². The normalized spacial score (nSPS) is 14.3. The SMILES string of the molecule is Cc1ccc(N(c2ccc(C)cc2)C2(N(c3ccc(C)cc3)c3ccc(C)cc3)C=CC3=CC(N(c4ccc(C)cc4)c4ccc(C)cc4)(N(c4ccc(C)cc4)c4ccc(C)cc4)C=CC3=C2)cc1. The standard InChI is InChI=1S/C66H62N4/c1-47-9-25-57(26-10-47)67(58-27-11-48(2)12-28-58)65(68(59-29-13-49(3)14-30-59)60-31-15-50(4)16-32-60)43-41-56-46-66(44-42-55(56)45-65,69(61-33-17-51(5)18-34-61)62-35-19-52(6)20-36-62)70(63-37-21-53(7)22-38-63)64-39-23-54(8)24-40-64/h9-46H,1-8H3. The maximum Gasteiger partial charge on any atom is 0.161 e. The van der Waals surface area contributed by atoms with E-state index in [9.17, 15) is 0 Å². The fraction of sp³-hybridized carbons (Fsp3) is 0.152. The molecule has 0 bridgehead atoms. The number of anilines is 8. The van der Waals surface area contributed by atoms with E-state index in [4.69, 9.17) is 0 Å². The summed E-state index contributed by atoms with van der Waals surface area (Å²) < 4.78 is 0. The van der Waals surface area contributed by atoms with E-state index >= 15 is 0 Å². The van der Waals surface area contributed by atoms with Gasteiger partial charge in [0.2, 0.25) is 0 Å². The Bertz CT molecular complexity index is 2630. The molecular formula is C66H62N4. The Morgan fingerprint density at radius 2 is 0.357 bits per heavy atom. The topological polar surface area (TPSA) is 13.0 Å². The highest BCUT2D eigenvalue weighted by atomic mass is 15.4. The molecule has 0 saturated carbocycles. The molecule has 4 heteroatoms. The van der Waals surface area contributed by atoms with Gasteiger partial charge in [0, 0.05) is 45.5 Å². The van der Waals surface area contributed by atoms with Crippen molar-refractivity contribution in [2.24, 2.45) is 0 Å². The monoisotopic (exact) mass is 910 g/mol. The number of rotatable bonds is 12. The smallest absolute Gasteiger partial charge is 0.161 e. The van der Waals surface area contributed by atoms with Crippen molar-refractivity contribution in [1.82, 2.24) is 0 Å². The second-order valence-corrected chi connectivity index (χ2v) is 19.5.